The first kappa shape index (κ1) is 27.6. The number of hydrogen-bond acceptors (Lipinski definition) is 10. The van der Waals surface area contributed by atoms with Gasteiger partial charge in [0.1, 0.15) is 6.33 Å². The molecule has 1 heterocycles. The predicted octanol–water partition coefficient (Wildman–Crippen LogP) is 3.83. The number of anilines is 3. The van der Waals surface area contributed by atoms with Crippen molar-refractivity contribution < 1.29 is 22.8 Å². The molecule has 0 saturated heterocycles. The van der Waals surface area contributed by atoms with Crippen LogP contribution >= 0.6 is 0 Å². The third-order valence-corrected chi connectivity index (χ3v) is 7.68. The second-order valence-corrected chi connectivity index (χ2v) is 9.72. The van der Waals surface area contributed by atoms with Gasteiger partial charge in [-0.3, -0.25) is 10.1 Å². The SMILES string of the molecule is CCN(CC)S(=O)(=O)c1ccc(Nc2ncnc(NCCc3ccc(OC)c(OC)c3)c2[N+](=O)[O-])cc1. The predicted molar refractivity (Wildman–Crippen MR) is 140 cm³/mol. The second-order valence-electron chi connectivity index (χ2n) is 7.78. The Morgan fingerprint density at radius 2 is 1.62 bits per heavy atom. The molecule has 3 aromatic rings. The molecule has 1 aromatic heterocycles. The van der Waals surface area contributed by atoms with Gasteiger partial charge in [0.05, 0.1) is 24.0 Å². The van der Waals surface area contributed by atoms with Crippen molar-refractivity contribution in [2.45, 2.75) is 25.2 Å². The van der Waals surface area contributed by atoms with E-state index < -0.39 is 14.9 Å². The number of nitro groups is 1. The first-order chi connectivity index (χ1) is 17.7. The Morgan fingerprint density at radius 3 is 2.22 bits per heavy atom. The summed E-state index contributed by atoms with van der Waals surface area (Å²) in [5.41, 5.74) is 1.06. The zero-order valence-electron chi connectivity index (χ0n) is 21.1. The zero-order valence-corrected chi connectivity index (χ0v) is 21.9. The van der Waals surface area contributed by atoms with Gasteiger partial charge in [-0.1, -0.05) is 19.9 Å². The van der Waals surface area contributed by atoms with Gasteiger partial charge in [0.2, 0.25) is 21.7 Å². The molecule has 37 heavy (non-hydrogen) atoms. The number of sulfonamides is 1. The molecule has 0 saturated carbocycles. The molecule has 0 aliphatic carbocycles. The molecule has 0 radical (unpaired) electrons. The molecule has 0 unspecified atom stereocenters. The molecule has 0 aliphatic rings. The summed E-state index contributed by atoms with van der Waals surface area (Å²) in [6.45, 7) is 4.61. The number of ether oxygens (including phenoxy) is 2. The third-order valence-electron chi connectivity index (χ3n) is 5.62. The van der Waals surface area contributed by atoms with E-state index in [9.17, 15) is 18.5 Å². The van der Waals surface area contributed by atoms with E-state index >= 15 is 0 Å². The van der Waals surface area contributed by atoms with Crippen molar-refractivity contribution in [3.05, 3.63) is 64.5 Å². The van der Waals surface area contributed by atoms with Crippen LogP contribution in [0.2, 0.25) is 0 Å². The highest BCUT2D eigenvalue weighted by Crippen LogP contribution is 2.32. The van der Waals surface area contributed by atoms with Crippen LogP contribution in [-0.4, -0.2) is 61.5 Å². The van der Waals surface area contributed by atoms with Gasteiger partial charge < -0.3 is 20.1 Å². The Hall–Kier alpha value is -3.97. The van der Waals surface area contributed by atoms with Crippen LogP contribution < -0.4 is 20.1 Å². The Balaban J connectivity index is 1.76. The van der Waals surface area contributed by atoms with Gasteiger partial charge in [-0.2, -0.15) is 4.31 Å². The lowest BCUT2D eigenvalue weighted by Gasteiger charge is -2.18. The van der Waals surface area contributed by atoms with Crippen molar-refractivity contribution in [2.75, 3.05) is 44.5 Å². The van der Waals surface area contributed by atoms with Crippen LogP contribution in [0.1, 0.15) is 19.4 Å². The smallest absolute Gasteiger partial charge is 0.353 e. The minimum Gasteiger partial charge on any atom is -0.493 e. The molecule has 13 heteroatoms. The topological polar surface area (TPSA) is 149 Å². The van der Waals surface area contributed by atoms with Gasteiger partial charge in [-0.05, 0) is 48.4 Å². The Kier molecular flexibility index (Phi) is 9.20. The molecule has 3 rings (SSSR count). The van der Waals surface area contributed by atoms with Crippen molar-refractivity contribution in [1.29, 1.82) is 0 Å². The molecule has 0 bridgehead atoms. The summed E-state index contributed by atoms with van der Waals surface area (Å²) in [6.07, 6.45) is 1.76. The van der Waals surface area contributed by atoms with Gasteiger partial charge in [0.15, 0.2) is 11.5 Å². The largest absolute Gasteiger partial charge is 0.493 e. The number of rotatable bonds is 13. The maximum absolute atomic E-state index is 12.7. The van der Waals surface area contributed by atoms with Crippen molar-refractivity contribution >= 4 is 33.0 Å². The highest BCUT2D eigenvalue weighted by Gasteiger charge is 2.24. The van der Waals surface area contributed by atoms with E-state index in [1.807, 2.05) is 12.1 Å². The molecule has 0 spiro atoms. The van der Waals surface area contributed by atoms with Crippen LogP contribution in [0.4, 0.5) is 23.0 Å². The molecule has 12 nitrogen and oxygen atoms in total. The minimum atomic E-state index is -3.61. The van der Waals surface area contributed by atoms with E-state index in [1.54, 1.807) is 34.1 Å². The first-order valence-corrected chi connectivity index (χ1v) is 13.0. The van der Waals surface area contributed by atoms with Crippen molar-refractivity contribution in [2.24, 2.45) is 0 Å². The van der Waals surface area contributed by atoms with E-state index in [2.05, 4.69) is 20.6 Å². The van der Waals surface area contributed by atoms with Gasteiger partial charge >= 0.3 is 5.69 Å². The van der Waals surface area contributed by atoms with E-state index in [0.717, 1.165) is 5.56 Å². The summed E-state index contributed by atoms with van der Waals surface area (Å²) in [7, 11) is -0.505. The van der Waals surface area contributed by atoms with E-state index in [-0.39, 0.29) is 22.2 Å². The van der Waals surface area contributed by atoms with Gasteiger partial charge in [-0.25, -0.2) is 18.4 Å². The van der Waals surface area contributed by atoms with Crippen molar-refractivity contribution in [1.82, 2.24) is 14.3 Å². The minimum absolute atomic E-state index is 0.0204. The Bertz CT molecular complexity index is 1330. The number of aromatic nitrogens is 2. The average Bonchev–Trinajstić information content (AvgIpc) is 2.89. The second kappa shape index (κ2) is 12.3. The fourth-order valence-electron chi connectivity index (χ4n) is 3.69. The highest BCUT2D eigenvalue weighted by atomic mass is 32.2. The summed E-state index contributed by atoms with van der Waals surface area (Å²) >= 11 is 0. The lowest BCUT2D eigenvalue weighted by atomic mass is 10.1. The van der Waals surface area contributed by atoms with E-state index in [1.165, 1.54) is 34.9 Å². The number of nitrogens with one attached hydrogen (secondary N) is 2. The Morgan fingerprint density at radius 1 is 0.973 bits per heavy atom. The van der Waals surface area contributed by atoms with Crippen LogP contribution in [0.25, 0.3) is 0 Å². The number of methoxy groups -OCH3 is 2. The lowest BCUT2D eigenvalue weighted by Crippen LogP contribution is -2.30. The van der Waals surface area contributed by atoms with Gasteiger partial charge in [-0.15, -0.1) is 0 Å². The zero-order chi connectivity index (χ0) is 27.0. The fourth-order valence-corrected chi connectivity index (χ4v) is 5.15. The van der Waals surface area contributed by atoms with Crippen LogP contribution in [0.15, 0.2) is 53.7 Å². The molecular formula is C24H30N6O6S. The maximum atomic E-state index is 12.7. The van der Waals surface area contributed by atoms with E-state index in [0.29, 0.717) is 43.2 Å². The molecule has 2 N–H and O–H groups in total. The Labute approximate surface area is 215 Å². The molecule has 0 atom stereocenters. The maximum Gasteiger partial charge on any atom is 0.353 e. The first-order valence-electron chi connectivity index (χ1n) is 11.6. The normalized spacial score (nSPS) is 11.3. The molecule has 0 fully saturated rings. The fraction of sp³-hybridized carbons (Fsp3) is 0.333. The van der Waals surface area contributed by atoms with Crippen LogP contribution in [0.5, 0.6) is 11.5 Å². The van der Waals surface area contributed by atoms with Crippen molar-refractivity contribution in [3.8, 4) is 11.5 Å². The standard InChI is InChI=1S/C24H30N6O6S/c1-5-29(6-2)37(33,34)19-10-8-18(9-11-19)28-24-22(30(31)32)23(26-16-27-24)25-14-13-17-7-12-20(35-3)21(15-17)36-4/h7-12,15-16H,5-6,13-14H2,1-4H3,(H2,25,26,27,28). The quantitative estimate of drug-likeness (QED) is 0.247. The average molecular weight is 531 g/mol. The van der Waals surface area contributed by atoms with E-state index in [4.69, 9.17) is 9.47 Å². The summed E-state index contributed by atoms with van der Waals surface area (Å²) in [5, 5.41) is 17.8. The van der Waals surface area contributed by atoms with Gasteiger partial charge in [0.25, 0.3) is 0 Å². The number of hydrogen-bond donors (Lipinski definition) is 2. The van der Waals surface area contributed by atoms with Crippen LogP contribution in [0, 0.1) is 10.1 Å². The summed E-state index contributed by atoms with van der Waals surface area (Å²) < 4.78 is 37.3. The monoisotopic (exact) mass is 530 g/mol. The molecule has 198 valence electrons. The molecule has 0 aliphatic heterocycles. The third kappa shape index (κ3) is 6.43. The number of benzene rings is 2. The molecular weight excluding hydrogens is 500 g/mol. The molecule has 2 aromatic carbocycles. The summed E-state index contributed by atoms with van der Waals surface area (Å²) in [6, 6.07) is 11.5. The van der Waals surface area contributed by atoms with Gasteiger partial charge in [0, 0.05) is 25.3 Å². The van der Waals surface area contributed by atoms with Crippen LogP contribution in [-0.2, 0) is 16.4 Å². The van der Waals surface area contributed by atoms with Crippen LogP contribution in [0.3, 0.4) is 0 Å². The van der Waals surface area contributed by atoms with Crippen molar-refractivity contribution in [3.63, 3.8) is 0 Å². The lowest BCUT2D eigenvalue weighted by molar-refractivity contribution is -0.383. The molecule has 0 amide bonds. The summed E-state index contributed by atoms with van der Waals surface area (Å²) in [4.78, 5) is 19.5. The summed E-state index contributed by atoms with van der Waals surface area (Å²) in [5.74, 6) is 1.24. The number of nitrogens with zero attached hydrogens (tertiary/aromatic N) is 4. The highest BCUT2D eigenvalue weighted by molar-refractivity contribution is 7.89.